The maximum absolute atomic E-state index is 12.5. The topological polar surface area (TPSA) is 66.8 Å². The maximum Gasteiger partial charge on any atom is 0.311 e. The van der Waals surface area contributed by atoms with Crippen molar-refractivity contribution in [2.24, 2.45) is 5.41 Å². The van der Waals surface area contributed by atoms with Crippen molar-refractivity contribution < 1.29 is 19.7 Å². The average Bonchev–Trinajstić information content (AvgIpc) is 2.64. The Morgan fingerprint density at radius 3 is 2.32 bits per heavy atom. The molecule has 0 heterocycles. The number of esters is 1. The largest absolute Gasteiger partial charge is 0.462 e. The first-order valence-corrected chi connectivity index (χ1v) is 9.33. The lowest BCUT2D eigenvalue weighted by molar-refractivity contribution is -0.159. The summed E-state index contributed by atoms with van der Waals surface area (Å²) in [6, 6.07) is 8.61. The molecule has 0 fully saturated rings. The van der Waals surface area contributed by atoms with Crippen molar-refractivity contribution in [2.75, 3.05) is 13.2 Å². The number of rotatable bonds is 10. The second kappa shape index (κ2) is 9.93. The summed E-state index contributed by atoms with van der Waals surface area (Å²) in [6.07, 6.45) is 1.43. The zero-order chi connectivity index (χ0) is 19.0. The molecule has 0 saturated heterocycles. The second-order valence-corrected chi connectivity index (χ2v) is 7.43. The number of aliphatic hydroxyl groups excluding tert-OH is 2. The Bertz CT molecular complexity index is 542. The van der Waals surface area contributed by atoms with E-state index in [1.165, 1.54) is 11.1 Å². The van der Waals surface area contributed by atoms with Crippen LogP contribution in [0.1, 0.15) is 76.8 Å². The van der Waals surface area contributed by atoms with E-state index in [0.29, 0.717) is 18.8 Å². The Morgan fingerprint density at radius 1 is 1.20 bits per heavy atom. The molecule has 4 nitrogen and oxygen atoms in total. The maximum atomic E-state index is 12.5. The van der Waals surface area contributed by atoms with Crippen molar-refractivity contribution in [1.82, 2.24) is 0 Å². The first-order chi connectivity index (χ1) is 11.8. The first kappa shape index (κ1) is 21.7. The van der Waals surface area contributed by atoms with Gasteiger partial charge < -0.3 is 14.9 Å². The van der Waals surface area contributed by atoms with E-state index in [1.54, 1.807) is 0 Å². The number of ether oxygens (including phenoxy) is 1. The van der Waals surface area contributed by atoms with Crippen LogP contribution in [0.5, 0.6) is 0 Å². The third-order valence-electron chi connectivity index (χ3n) is 5.31. The van der Waals surface area contributed by atoms with Crippen LogP contribution in [0.15, 0.2) is 24.3 Å². The quantitative estimate of drug-likeness (QED) is 0.626. The molecule has 0 saturated carbocycles. The van der Waals surface area contributed by atoms with E-state index in [9.17, 15) is 9.90 Å². The van der Waals surface area contributed by atoms with Gasteiger partial charge in [0, 0.05) is 0 Å². The van der Waals surface area contributed by atoms with Crippen LogP contribution in [-0.2, 0) is 9.53 Å². The van der Waals surface area contributed by atoms with Crippen molar-refractivity contribution >= 4 is 5.97 Å². The number of aliphatic hydroxyl groups is 2. The molecule has 0 aliphatic heterocycles. The second-order valence-electron chi connectivity index (χ2n) is 7.43. The fraction of sp³-hybridized carbons (Fsp3) is 0.667. The lowest BCUT2D eigenvalue weighted by atomic mass is 9.77. The van der Waals surface area contributed by atoms with Crippen LogP contribution in [0, 0.1) is 5.41 Å². The van der Waals surface area contributed by atoms with Gasteiger partial charge in [-0.25, -0.2) is 0 Å². The Kier molecular flexibility index (Phi) is 8.60. The summed E-state index contributed by atoms with van der Waals surface area (Å²) in [7, 11) is 0. The number of benzene rings is 1. The fourth-order valence-corrected chi connectivity index (χ4v) is 2.97. The van der Waals surface area contributed by atoms with E-state index in [1.807, 2.05) is 13.8 Å². The minimum absolute atomic E-state index is 0.164. The molecule has 0 amide bonds. The van der Waals surface area contributed by atoms with Gasteiger partial charge in [0.25, 0.3) is 0 Å². The molecule has 4 atom stereocenters. The highest BCUT2D eigenvalue weighted by molar-refractivity contribution is 5.76. The van der Waals surface area contributed by atoms with Crippen molar-refractivity contribution in [1.29, 1.82) is 0 Å². The zero-order valence-corrected chi connectivity index (χ0v) is 16.3. The molecule has 1 aromatic carbocycles. The molecule has 0 aliphatic carbocycles. The van der Waals surface area contributed by atoms with E-state index in [4.69, 9.17) is 9.84 Å². The molecule has 1 rings (SSSR count). The third-order valence-corrected chi connectivity index (χ3v) is 5.31. The summed E-state index contributed by atoms with van der Waals surface area (Å²) >= 11 is 0. The lowest BCUT2D eigenvalue weighted by Gasteiger charge is -2.29. The third kappa shape index (κ3) is 6.12. The minimum atomic E-state index is -1.02. The highest BCUT2D eigenvalue weighted by atomic mass is 16.5. The highest BCUT2D eigenvalue weighted by Gasteiger charge is 2.35. The summed E-state index contributed by atoms with van der Waals surface area (Å²) in [5, 5.41) is 18.2. The Morgan fingerprint density at radius 2 is 1.80 bits per heavy atom. The average molecular weight is 350 g/mol. The van der Waals surface area contributed by atoms with Crippen molar-refractivity contribution in [3.63, 3.8) is 0 Å². The van der Waals surface area contributed by atoms with Crippen LogP contribution in [0.3, 0.4) is 0 Å². The van der Waals surface area contributed by atoms with Crippen molar-refractivity contribution in [3.8, 4) is 0 Å². The Hall–Kier alpha value is -1.39. The van der Waals surface area contributed by atoms with Crippen molar-refractivity contribution in [2.45, 2.75) is 71.8 Å². The Labute approximate surface area is 152 Å². The van der Waals surface area contributed by atoms with Crippen LogP contribution >= 0.6 is 0 Å². The van der Waals surface area contributed by atoms with Gasteiger partial charge in [0.05, 0.1) is 12.0 Å². The van der Waals surface area contributed by atoms with Gasteiger partial charge in [-0.1, -0.05) is 52.0 Å². The molecule has 0 radical (unpaired) electrons. The molecule has 0 spiro atoms. The van der Waals surface area contributed by atoms with Crippen LogP contribution in [-0.4, -0.2) is 35.5 Å². The van der Waals surface area contributed by atoms with E-state index >= 15 is 0 Å². The van der Waals surface area contributed by atoms with Gasteiger partial charge in [0.2, 0.25) is 0 Å². The van der Waals surface area contributed by atoms with E-state index < -0.39 is 18.1 Å². The van der Waals surface area contributed by atoms with Gasteiger partial charge in [0.1, 0.15) is 12.7 Å². The SMILES string of the molecule is CC[C@@H](C)c1cccc([C@H](C)CC(C)(CC)C(=O)OCC(O)CO)c1. The molecule has 4 heteroatoms. The van der Waals surface area contributed by atoms with E-state index in [2.05, 4.69) is 45.0 Å². The molecule has 0 aromatic heterocycles. The smallest absolute Gasteiger partial charge is 0.311 e. The summed E-state index contributed by atoms with van der Waals surface area (Å²) < 4.78 is 5.22. The lowest BCUT2D eigenvalue weighted by Crippen LogP contribution is -2.33. The predicted octanol–water partition coefficient (Wildman–Crippen LogP) is 4.01. The molecule has 1 aromatic rings. The molecule has 2 unspecified atom stereocenters. The zero-order valence-electron chi connectivity index (χ0n) is 16.3. The van der Waals surface area contributed by atoms with Gasteiger partial charge in [-0.05, 0) is 49.1 Å². The van der Waals surface area contributed by atoms with E-state index in [0.717, 1.165) is 6.42 Å². The van der Waals surface area contributed by atoms with E-state index in [-0.39, 0.29) is 18.5 Å². The number of hydrogen-bond acceptors (Lipinski definition) is 4. The fourth-order valence-electron chi connectivity index (χ4n) is 2.97. The summed E-state index contributed by atoms with van der Waals surface area (Å²) in [6.45, 7) is 9.87. The molecular weight excluding hydrogens is 316 g/mol. The molecular formula is C21H34O4. The molecule has 2 N–H and O–H groups in total. The van der Waals surface area contributed by atoms with Crippen LogP contribution in [0.25, 0.3) is 0 Å². The molecule has 0 aliphatic rings. The summed E-state index contributed by atoms with van der Waals surface area (Å²) in [5.74, 6) is 0.436. The monoisotopic (exact) mass is 350 g/mol. The summed E-state index contributed by atoms with van der Waals surface area (Å²) in [4.78, 5) is 12.5. The Balaban J connectivity index is 2.83. The van der Waals surface area contributed by atoms with Gasteiger partial charge in [-0.2, -0.15) is 0 Å². The summed E-state index contributed by atoms with van der Waals surface area (Å²) in [5.41, 5.74) is 1.96. The number of carbonyl (C=O) groups is 1. The van der Waals surface area contributed by atoms with Gasteiger partial charge in [0.15, 0.2) is 0 Å². The molecule has 0 bridgehead atoms. The normalized spacial score (nSPS) is 17.4. The minimum Gasteiger partial charge on any atom is -0.462 e. The highest BCUT2D eigenvalue weighted by Crippen LogP contribution is 2.36. The van der Waals surface area contributed by atoms with Crippen LogP contribution in [0.4, 0.5) is 0 Å². The van der Waals surface area contributed by atoms with Crippen LogP contribution < -0.4 is 0 Å². The molecule has 142 valence electrons. The first-order valence-electron chi connectivity index (χ1n) is 9.33. The predicted molar refractivity (Wildman–Crippen MR) is 101 cm³/mol. The van der Waals surface area contributed by atoms with Gasteiger partial charge in [-0.3, -0.25) is 4.79 Å². The molecule has 25 heavy (non-hydrogen) atoms. The standard InChI is InChI=1S/C21H34O4/c1-6-15(3)17-9-8-10-18(11-17)16(4)12-21(5,7-2)20(24)25-14-19(23)13-22/h8-11,15-16,19,22-23H,6-7,12-14H2,1-5H3/t15-,16-,19?,21?/m1/s1. The number of hydrogen-bond donors (Lipinski definition) is 2. The number of carbonyl (C=O) groups excluding carboxylic acids is 1. The van der Waals surface area contributed by atoms with Crippen LogP contribution in [0.2, 0.25) is 0 Å². The van der Waals surface area contributed by atoms with Gasteiger partial charge >= 0.3 is 5.97 Å². The van der Waals surface area contributed by atoms with Gasteiger partial charge in [-0.15, -0.1) is 0 Å². The van der Waals surface area contributed by atoms with Crippen molar-refractivity contribution in [3.05, 3.63) is 35.4 Å².